The highest BCUT2D eigenvalue weighted by atomic mass is 79.9. The molecule has 0 heterocycles. The topological polar surface area (TPSA) is 37.3 Å². The molecule has 2 nitrogen and oxygen atoms in total. The van der Waals surface area contributed by atoms with Crippen LogP contribution >= 0.6 is 15.9 Å². The summed E-state index contributed by atoms with van der Waals surface area (Å²) in [7, 11) is 0. The molecule has 0 amide bonds. The molecule has 0 saturated heterocycles. The standard InChI is InChI=1S/C12H15BrO2/c1-3-9-4-5-10(7-14)11(6-9)12(15)8(2)13/h4-6,8,14H,3,7H2,1-2H3. The molecule has 1 aromatic rings. The third kappa shape index (κ3) is 2.89. The van der Waals surface area contributed by atoms with Gasteiger partial charge in [0.1, 0.15) is 0 Å². The Kier molecular flexibility index (Phi) is 4.48. The lowest BCUT2D eigenvalue weighted by Crippen LogP contribution is -2.13. The van der Waals surface area contributed by atoms with E-state index >= 15 is 0 Å². The number of ketones is 1. The van der Waals surface area contributed by atoms with Gasteiger partial charge in [0.2, 0.25) is 0 Å². The second-order valence-corrected chi connectivity index (χ2v) is 4.86. The van der Waals surface area contributed by atoms with Crippen LogP contribution in [0.25, 0.3) is 0 Å². The summed E-state index contributed by atoms with van der Waals surface area (Å²) in [5, 5.41) is 9.15. The zero-order valence-electron chi connectivity index (χ0n) is 8.96. The Bertz CT molecular complexity index is 359. The van der Waals surface area contributed by atoms with Crippen LogP contribution in [0.15, 0.2) is 18.2 Å². The van der Waals surface area contributed by atoms with Crippen molar-refractivity contribution in [1.82, 2.24) is 0 Å². The largest absolute Gasteiger partial charge is 0.392 e. The van der Waals surface area contributed by atoms with Crippen molar-refractivity contribution < 1.29 is 9.90 Å². The maximum Gasteiger partial charge on any atom is 0.176 e. The number of alkyl halides is 1. The molecule has 1 N–H and O–H groups in total. The molecular weight excluding hydrogens is 256 g/mol. The van der Waals surface area contributed by atoms with Crippen LogP contribution in [-0.2, 0) is 13.0 Å². The summed E-state index contributed by atoms with van der Waals surface area (Å²) in [5.41, 5.74) is 2.44. The predicted molar refractivity (Wildman–Crippen MR) is 64.5 cm³/mol. The Labute approximate surface area is 98.4 Å². The minimum Gasteiger partial charge on any atom is -0.392 e. The summed E-state index contributed by atoms with van der Waals surface area (Å²) < 4.78 is 0. The molecular formula is C12H15BrO2. The number of aliphatic hydroxyl groups excluding tert-OH is 1. The zero-order chi connectivity index (χ0) is 11.4. The second-order valence-electron chi connectivity index (χ2n) is 3.48. The number of carbonyl (C=O) groups excluding carboxylic acids is 1. The van der Waals surface area contributed by atoms with Gasteiger partial charge in [-0.3, -0.25) is 4.79 Å². The van der Waals surface area contributed by atoms with Crippen molar-refractivity contribution in [1.29, 1.82) is 0 Å². The summed E-state index contributed by atoms with van der Waals surface area (Å²) in [6, 6.07) is 5.63. The lowest BCUT2D eigenvalue weighted by Gasteiger charge is -2.09. The van der Waals surface area contributed by atoms with Crippen LogP contribution in [0.3, 0.4) is 0 Å². The van der Waals surface area contributed by atoms with E-state index in [-0.39, 0.29) is 17.2 Å². The van der Waals surface area contributed by atoms with Gasteiger partial charge in [0.25, 0.3) is 0 Å². The molecule has 0 fully saturated rings. The molecule has 0 saturated carbocycles. The van der Waals surface area contributed by atoms with Gasteiger partial charge in [-0.25, -0.2) is 0 Å². The summed E-state index contributed by atoms with van der Waals surface area (Å²) in [6.45, 7) is 3.74. The van der Waals surface area contributed by atoms with Crippen molar-refractivity contribution in [2.45, 2.75) is 31.7 Å². The van der Waals surface area contributed by atoms with Crippen molar-refractivity contribution in [2.24, 2.45) is 0 Å². The Morgan fingerprint density at radius 3 is 2.67 bits per heavy atom. The first kappa shape index (κ1) is 12.4. The normalized spacial score (nSPS) is 12.5. The molecule has 0 bridgehead atoms. The Hall–Kier alpha value is -0.670. The molecule has 0 aromatic heterocycles. The number of benzene rings is 1. The van der Waals surface area contributed by atoms with E-state index in [0.29, 0.717) is 11.1 Å². The highest BCUT2D eigenvalue weighted by molar-refractivity contribution is 9.10. The average Bonchev–Trinajstić information content (AvgIpc) is 2.27. The van der Waals surface area contributed by atoms with Gasteiger partial charge in [-0.15, -0.1) is 0 Å². The molecule has 82 valence electrons. The summed E-state index contributed by atoms with van der Waals surface area (Å²) in [4.78, 5) is 11.6. The summed E-state index contributed by atoms with van der Waals surface area (Å²) >= 11 is 3.26. The van der Waals surface area contributed by atoms with E-state index in [1.165, 1.54) is 0 Å². The fourth-order valence-electron chi connectivity index (χ4n) is 1.43. The molecule has 0 aliphatic carbocycles. The molecule has 3 heteroatoms. The molecule has 15 heavy (non-hydrogen) atoms. The van der Waals surface area contributed by atoms with Crippen molar-refractivity contribution in [3.05, 3.63) is 34.9 Å². The van der Waals surface area contributed by atoms with Crippen LogP contribution in [0.1, 0.15) is 35.3 Å². The van der Waals surface area contributed by atoms with Crippen molar-refractivity contribution in [3.63, 3.8) is 0 Å². The summed E-state index contributed by atoms with van der Waals surface area (Å²) in [6.07, 6.45) is 0.892. The zero-order valence-corrected chi connectivity index (χ0v) is 10.5. The van der Waals surface area contributed by atoms with Gasteiger partial charge < -0.3 is 5.11 Å². The highest BCUT2D eigenvalue weighted by Gasteiger charge is 2.15. The number of hydrogen-bond donors (Lipinski definition) is 1. The minimum atomic E-state index is -0.213. The van der Waals surface area contributed by atoms with Crippen molar-refractivity contribution in [2.75, 3.05) is 0 Å². The fraction of sp³-hybridized carbons (Fsp3) is 0.417. The first-order chi connectivity index (χ1) is 7.10. The maximum absolute atomic E-state index is 11.8. The summed E-state index contributed by atoms with van der Waals surface area (Å²) in [5.74, 6) is 0.0225. The lowest BCUT2D eigenvalue weighted by molar-refractivity contribution is 0.0992. The fourth-order valence-corrected chi connectivity index (χ4v) is 1.67. The molecule has 0 aliphatic heterocycles. The third-order valence-electron chi connectivity index (χ3n) is 2.38. The number of Topliss-reactive ketones (excluding diaryl/α,β-unsaturated/α-hetero) is 1. The SMILES string of the molecule is CCc1ccc(CO)c(C(=O)C(C)Br)c1. The van der Waals surface area contributed by atoms with Gasteiger partial charge in [-0.05, 0) is 30.5 Å². The van der Waals surface area contributed by atoms with E-state index in [1.807, 2.05) is 25.1 Å². The number of aryl methyl sites for hydroxylation is 1. The number of halogens is 1. The monoisotopic (exact) mass is 270 g/mol. The molecule has 0 spiro atoms. The number of hydrogen-bond acceptors (Lipinski definition) is 2. The van der Waals surface area contributed by atoms with Gasteiger partial charge >= 0.3 is 0 Å². The lowest BCUT2D eigenvalue weighted by atomic mass is 9.98. The van der Waals surface area contributed by atoms with Gasteiger partial charge in [-0.1, -0.05) is 35.0 Å². The van der Waals surface area contributed by atoms with Crippen LogP contribution in [0, 0.1) is 0 Å². The molecule has 1 unspecified atom stereocenters. The van der Waals surface area contributed by atoms with E-state index in [0.717, 1.165) is 12.0 Å². The van der Waals surface area contributed by atoms with Crippen LogP contribution in [0.2, 0.25) is 0 Å². The van der Waals surface area contributed by atoms with Crippen LogP contribution in [0.5, 0.6) is 0 Å². The van der Waals surface area contributed by atoms with E-state index in [4.69, 9.17) is 5.11 Å². The quantitative estimate of drug-likeness (QED) is 0.675. The van der Waals surface area contributed by atoms with E-state index in [1.54, 1.807) is 6.92 Å². The third-order valence-corrected chi connectivity index (χ3v) is 2.80. The van der Waals surface area contributed by atoms with Crippen LogP contribution < -0.4 is 0 Å². The smallest absolute Gasteiger partial charge is 0.176 e. The van der Waals surface area contributed by atoms with Crippen LogP contribution in [-0.4, -0.2) is 15.7 Å². The average molecular weight is 271 g/mol. The van der Waals surface area contributed by atoms with Gasteiger partial charge in [0.15, 0.2) is 5.78 Å². The van der Waals surface area contributed by atoms with Crippen molar-refractivity contribution in [3.8, 4) is 0 Å². The number of aliphatic hydroxyl groups is 1. The second kappa shape index (κ2) is 5.42. The van der Waals surface area contributed by atoms with Gasteiger partial charge in [0.05, 0.1) is 11.4 Å². The molecule has 0 aliphatic rings. The number of rotatable bonds is 4. The minimum absolute atomic E-state index is 0.0225. The number of carbonyl (C=O) groups is 1. The van der Waals surface area contributed by atoms with Gasteiger partial charge in [0, 0.05) is 5.56 Å². The Morgan fingerprint density at radius 1 is 1.53 bits per heavy atom. The molecule has 1 rings (SSSR count). The predicted octanol–water partition coefficient (Wildman–Crippen LogP) is 2.71. The van der Waals surface area contributed by atoms with Crippen molar-refractivity contribution >= 4 is 21.7 Å². The van der Waals surface area contributed by atoms with Crippen LogP contribution in [0.4, 0.5) is 0 Å². The van der Waals surface area contributed by atoms with E-state index in [2.05, 4.69) is 15.9 Å². The maximum atomic E-state index is 11.8. The van der Waals surface area contributed by atoms with E-state index in [9.17, 15) is 4.79 Å². The molecule has 1 aromatic carbocycles. The molecule has 0 radical (unpaired) electrons. The first-order valence-electron chi connectivity index (χ1n) is 5.01. The Morgan fingerprint density at radius 2 is 2.20 bits per heavy atom. The Balaban J connectivity index is 3.17. The highest BCUT2D eigenvalue weighted by Crippen LogP contribution is 2.17. The van der Waals surface area contributed by atoms with Gasteiger partial charge in [-0.2, -0.15) is 0 Å². The first-order valence-corrected chi connectivity index (χ1v) is 5.92. The van der Waals surface area contributed by atoms with E-state index < -0.39 is 0 Å². The molecule has 1 atom stereocenters.